The Bertz CT molecular complexity index is 2780. The van der Waals surface area contributed by atoms with E-state index in [2.05, 4.69) is 180 Å². The number of hydrogen-bond acceptors (Lipinski definition) is 1. The second-order valence-corrected chi connectivity index (χ2v) is 12.9. The average molecular weight is 638 g/mol. The molecule has 2 aromatic heterocycles. The molecule has 10 rings (SSSR count). The maximum Gasteiger partial charge on any atom is 0.143 e. The third-order valence-corrected chi connectivity index (χ3v) is 10.0. The van der Waals surface area contributed by atoms with Gasteiger partial charge in [-0.1, -0.05) is 140 Å². The molecule has 2 heteroatoms. The molecule has 0 saturated carbocycles. The van der Waals surface area contributed by atoms with E-state index in [0.717, 1.165) is 38.8 Å². The van der Waals surface area contributed by atoms with E-state index in [1.807, 2.05) is 12.1 Å². The number of aromatic nitrogens is 1. The summed E-state index contributed by atoms with van der Waals surface area (Å²) < 4.78 is 8.72. The lowest BCUT2D eigenvalue weighted by atomic mass is 9.92. The van der Waals surface area contributed by atoms with E-state index in [4.69, 9.17) is 4.42 Å². The third-order valence-electron chi connectivity index (χ3n) is 10.0. The molecule has 0 aliphatic rings. The van der Waals surface area contributed by atoms with Crippen LogP contribution in [0.5, 0.6) is 0 Å². The molecular formula is C48H31NO. The molecular weight excluding hydrogens is 607 g/mol. The standard InChI is InChI=1S/C48H31NO/c1-2-11-32(12-3-1)36-29-37(33-21-23-35(24-22-33)40-16-10-17-44-43-15-6-9-20-47(43)50-48(40)44)31-38(30-36)34-25-27-39(28-26-34)49-45-18-7-4-13-41(45)42-14-5-8-19-46(42)49/h1-31H. The predicted molar refractivity (Wildman–Crippen MR) is 210 cm³/mol. The summed E-state index contributed by atoms with van der Waals surface area (Å²) in [5, 5.41) is 4.83. The van der Waals surface area contributed by atoms with Crippen molar-refractivity contribution in [2.45, 2.75) is 0 Å². The maximum atomic E-state index is 6.35. The van der Waals surface area contributed by atoms with Crippen LogP contribution in [-0.4, -0.2) is 4.57 Å². The van der Waals surface area contributed by atoms with Crippen LogP contribution in [0.1, 0.15) is 0 Å². The summed E-state index contributed by atoms with van der Waals surface area (Å²) in [6.45, 7) is 0. The van der Waals surface area contributed by atoms with Crippen LogP contribution in [0.25, 0.3) is 93.9 Å². The Morgan fingerprint density at radius 3 is 1.44 bits per heavy atom. The lowest BCUT2D eigenvalue weighted by molar-refractivity contribution is 0.670. The van der Waals surface area contributed by atoms with E-state index in [9.17, 15) is 0 Å². The van der Waals surface area contributed by atoms with E-state index >= 15 is 0 Å². The Labute approximate surface area is 290 Å². The number of nitrogens with zero attached hydrogens (tertiary/aromatic N) is 1. The quantitative estimate of drug-likeness (QED) is 0.184. The molecule has 0 unspecified atom stereocenters. The summed E-state index contributed by atoms with van der Waals surface area (Å²) in [5.74, 6) is 0. The zero-order valence-electron chi connectivity index (χ0n) is 27.3. The Hall–Kier alpha value is -6.64. The van der Waals surface area contributed by atoms with E-state index in [1.165, 1.54) is 55.2 Å². The molecule has 8 aromatic carbocycles. The Morgan fingerprint density at radius 2 is 0.800 bits per heavy atom. The number of rotatable bonds is 5. The first-order valence-electron chi connectivity index (χ1n) is 17.1. The van der Waals surface area contributed by atoms with E-state index in [-0.39, 0.29) is 0 Å². The molecule has 10 aromatic rings. The Balaban J connectivity index is 1.06. The highest BCUT2D eigenvalue weighted by atomic mass is 16.3. The highest BCUT2D eigenvalue weighted by molar-refractivity contribution is 6.10. The number of para-hydroxylation sites is 4. The molecule has 50 heavy (non-hydrogen) atoms. The monoisotopic (exact) mass is 637 g/mol. The van der Waals surface area contributed by atoms with Crippen molar-refractivity contribution in [3.05, 3.63) is 188 Å². The lowest BCUT2D eigenvalue weighted by Gasteiger charge is -2.13. The smallest absolute Gasteiger partial charge is 0.143 e. The van der Waals surface area contributed by atoms with Crippen LogP contribution in [0.15, 0.2) is 192 Å². The van der Waals surface area contributed by atoms with Gasteiger partial charge in [-0.15, -0.1) is 0 Å². The fourth-order valence-electron chi connectivity index (χ4n) is 7.58. The van der Waals surface area contributed by atoms with E-state index in [1.54, 1.807) is 0 Å². The molecule has 234 valence electrons. The number of benzene rings is 8. The average Bonchev–Trinajstić information content (AvgIpc) is 3.74. The van der Waals surface area contributed by atoms with Crippen LogP contribution in [-0.2, 0) is 0 Å². The summed E-state index contributed by atoms with van der Waals surface area (Å²) in [7, 11) is 0. The third kappa shape index (κ3) is 4.65. The number of furan rings is 1. The minimum atomic E-state index is 0.917. The van der Waals surface area contributed by atoms with Gasteiger partial charge in [0.15, 0.2) is 0 Å². The molecule has 0 radical (unpaired) electrons. The van der Waals surface area contributed by atoms with Crippen LogP contribution in [0.3, 0.4) is 0 Å². The van der Waals surface area contributed by atoms with Gasteiger partial charge in [0, 0.05) is 32.8 Å². The summed E-state index contributed by atoms with van der Waals surface area (Å²) in [4.78, 5) is 0. The fraction of sp³-hybridized carbons (Fsp3) is 0. The molecule has 0 atom stereocenters. The zero-order chi connectivity index (χ0) is 33.0. The van der Waals surface area contributed by atoms with Crippen molar-refractivity contribution >= 4 is 43.7 Å². The van der Waals surface area contributed by atoms with Gasteiger partial charge in [0.2, 0.25) is 0 Å². The van der Waals surface area contributed by atoms with Crippen LogP contribution < -0.4 is 0 Å². The van der Waals surface area contributed by atoms with Gasteiger partial charge in [0.05, 0.1) is 11.0 Å². The Kier molecular flexibility index (Phi) is 6.53. The minimum absolute atomic E-state index is 0.917. The lowest BCUT2D eigenvalue weighted by Crippen LogP contribution is -1.93. The van der Waals surface area contributed by atoms with Crippen molar-refractivity contribution in [3.8, 4) is 50.2 Å². The summed E-state index contributed by atoms with van der Waals surface area (Å²) in [5.41, 5.74) is 14.8. The molecule has 0 aliphatic heterocycles. The molecule has 0 aliphatic carbocycles. The SMILES string of the molecule is c1ccc(-c2cc(-c3ccc(-c4cccc5c4oc4ccccc45)cc3)cc(-c3ccc(-n4c5ccccc5c5ccccc54)cc3)c2)cc1. The highest BCUT2D eigenvalue weighted by Gasteiger charge is 2.14. The fourth-order valence-corrected chi connectivity index (χ4v) is 7.58. The molecule has 0 fully saturated rings. The van der Waals surface area contributed by atoms with Crippen LogP contribution in [0.4, 0.5) is 0 Å². The van der Waals surface area contributed by atoms with E-state index in [0.29, 0.717) is 0 Å². The first-order valence-corrected chi connectivity index (χ1v) is 17.1. The maximum absolute atomic E-state index is 6.35. The van der Waals surface area contributed by atoms with Crippen molar-refractivity contribution in [2.24, 2.45) is 0 Å². The second-order valence-electron chi connectivity index (χ2n) is 12.9. The number of hydrogen-bond donors (Lipinski definition) is 0. The number of fused-ring (bicyclic) bond motifs is 6. The van der Waals surface area contributed by atoms with Gasteiger partial charge in [0.1, 0.15) is 11.2 Å². The predicted octanol–water partition coefficient (Wildman–Crippen LogP) is 13.4. The summed E-state index contributed by atoms with van der Waals surface area (Å²) in [6, 6.07) is 67.5. The van der Waals surface area contributed by atoms with Gasteiger partial charge in [0.25, 0.3) is 0 Å². The van der Waals surface area contributed by atoms with Gasteiger partial charge in [-0.3, -0.25) is 0 Å². The van der Waals surface area contributed by atoms with Crippen LogP contribution in [0, 0.1) is 0 Å². The van der Waals surface area contributed by atoms with Crippen molar-refractivity contribution < 1.29 is 4.42 Å². The molecule has 0 amide bonds. The van der Waals surface area contributed by atoms with Gasteiger partial charge in [-0.05, 0) is 87.5 Å². The normalized spacial score (nSPS) is 11.6. The van der Waals surface area contributed by atoms with Crippen molar-refractivity contribution in [1.29, 1.82) is 0 Å². The minimum Gasteiger partial charge on any atom is -0.455 e. The van der Waals surface area contributed by atoms with Gasteiger partial charge >= 0.3 is 0 Å². The van der Waals surface area contributed by atoms with Crippen molar-refractivity contribution in [3.63, 3.8) is 0 Å². The molecule has 0 saturated heterocycles. The molecule has 0 bridgehead atoms. The highest BCUT2D eigenvalue weighted by Crippen LogP contribution is 2.38. The van der Waals surface area contributed by atoms with Crippen molar-refractivity contribution in [1.82, 2.24) is 4.57 Å². The van der Waals surface area contributed by atoms with Gasteiger partial charge in [-0.25, -0.2) is 0 Å². The first kappa shape index (κ1) is 28.4. The largest absolute Gasteiger partial charge is 0.455 e. The second kappa shape index (κ2) is 11.5. The van der Waals surface area contributed by atoms with E-state index < -0.39 is 0 Å². The zero-order valence-corrected chi connectivity index (χ0v) is 27.3. The molecule has 0 N–H and O–H groups in total. The van der Waals surface area contributed by atoms with Gasteiger partial charge in [-0.2, -0.15) is 0 Å². The van der Waals surface area contributed by atoms with Gasteiger partial charge < -0.3 is 8.98 Å². The molecule has 2 heterocycles. The van der Waals surface area contributed by atoms with Crippen LogP contribution in [0.2, 0.25) is 0 Å². The molecule has 2 nitrogen and oxygen atoms in total. The topological polar surface area (TPSA) is 18.1 Å². The summed E-state index contributed by atoms with van der Waals surface area (Å²) in [6.07, 6.45) is 0. The first-order chi connectivity index (χ1) is 24.8. The molecule has 0 spiro atoms. The summed E-state index contributed by atoms with van der Waals surface area (Å²) >= 11 is 0. The van der Waals surface area contributed by atoms with Crippen molar-refractivity contribution in [2.75, 3.05) is 0 Å². The Morgan fingerprint density at radius 1 is 0.320 bits per heavy atom. The van der Waals surface area contributed by atoms with Crippen LogP contribution >= 0.6 is 0 Å².